The zero-order valence-electron chi connectivity index (χ0n) is 15.1. The molecular formula is C19H29N3O3. The van der Waals surface area contributed by atoms with E-state index in [9.17, 15) is 9.59 Å². The van der Waals surface area contributed by atoms with E-state index in [1.807, 2.05) is 12.1 Å². The molecule has 0 atom stereocenters. The summed E-state index contributed by atoms with van der Waals surface area (Å²) in [7, 11) is 0. The SMILES string of the molecule is Cc1ccccc1CCCC(=O)NCC(=O)NCCN1CCOCC1. The van der Waals surface area contributed by atoms with Crippen molar-refractivity contribution in [3.05, 3.63) is 35.4 Å². The van der Waals surface area contributed by atoms with Crippen molar-refractivity contribution in [1.29, 1.82) is 0 Å². The number of nitrogens with zero attached hydrogens (tertiary/aromatic N) is 1. The lowest BCUT2D eigenvalue weighted by atomic mass is 10.0. The lowest BCUT2D eigenvalue weighted by Crippen LogP contribution is -2.43. The number of nitrogens with one attached hydrogen (secondary N) is 2. The number of amides is 2. The molecule has 25 heavy (non-hydrogen) atoms. The summed E-state index contributed by atoms with van der Waals surface area (Å²) in [4.78, 5) is 25.8. The third-order valence-corrected chi connectivity index (χ3v) is 4.41. The highest BCUT2D eigenvalue weighted by Gasteiger charge is 2.10. The summed E-state index contributed by atoms with van der Waals surface area (Å²) >= 11 is 0. The molecule has 2 N–H and O–H groups in total. The number of carbonyl (C=O) groups is 2. The molecular weight excluding hydrogens is 318 g/mol. The van der Waals surface area contributed by atoms with Crippen LogP contribution < -0.4 is 10.6 Å². The second-order valence-electron chi connectivity index (χ2n) is 6.36. The molecule has 0 saturated carbocycles. The molecule has 6 heteroatoms. The fraction of sp³-hybridized carbons (Fsp3) is 0.579. The Kier molecular flexibility index (Phi) is 8.42. The molecule has 1 heterocycles. The quantitative estimate of drug-likeness (QED) is 0.696. The first-order valence-electron chi connectivity index (χ1n) is 9.03. The zero-order valence-corrected chi connectivity index (χ0v) is 15.1. The van der Waals surface area contributed by atoms with Gasteiger partial charge in [0.2, 0.25) is 11.8 Å². The normalized spacial score (nSPS) is 14.9. The van der Waals surface area contributed by atoms with Crippen molar-refractivity contribution < 1.29 is 14.3 Å². The van der Waals surface area contributed by atoms with Gasteiger partial charge in [0.15, 0.2) is 0 Å². The highest BCUT2D eigenvalue weighted by atomic mass is 16.5. The molecule has 1 aromatic carbocycles. The van der Waals surface area contributed by atoms with Gasteiger partial charge in [-0.05, 0) is 30.9 Å². The largest absolute Gasteiger partial charge is 0.379 e. The molecule has 138 valence electrons. The van der Waals surface area contributed by atoms with Gasteiger partial charge in [0.05, 0.1) is 19.8 Å². The Morgan fingerprint density at radius 1 is 1.12 bits per heavy atom. The van der Waals surface area contributed by atoms with E-state index in [2.05, 4.69) is 34.6 Å². The summed E-state index contributed by atoms with van der Waals surface area (Å²) in [5.41, 5.74) is 2.53. The molecule has 1 saturated heterocycles. The standard InChI is InChI=1S/C19H29N3O3/c1-16-5-2-3-6-17(16)7-4-8-18(23)21-15-19(24)20-9-10-22-11-13-25-14-12-22/h2-3,5-6H,4,7-15H2,1H3,(H,20,24)(H,21,23). The third kappa shape index (κ3) is 7.67. The van der Waals surface area contributed by atoms with Crippen LogP contribution in [0, 0.1) is 6.92 Å². The van der Waals surface area contributed by atoms with Gasteiger partial charge in [-0.25, -0.2) is 0 Å². The van der Waals surface area contributed by atoms with Crippen LogP contribution in [0.15, 0.2) is 24.3 Å². The monoisotopic (exact) mass is 347 g/mol. The van der Waals surface area contributed by atoms with Crippen molar-refractivity contribution in [2.24, 2.45) is 0 Å². The van der Waals surface area contributed by atoms with Crippen molar-refractivity contribution >= 4 is 11.8 Å². The fourth-order valence-corrected chi connectivity index (χ4v) is 2.84. The Morgan fingerprint density at radius 2 is 1.88 bits per heavy atom. The van der Waals surface area contributed by atoms with Gasteiger partial charge in [0.1, 0.15) is 0 Å². The molecule has 0 radical (unpaired) electrons. The second-order valence-corrected chi connectivity index (χ2v) is 6.36. The predicted octanol–water partition coefficient (Wildman–Crippen LogP) is 0.882. The molecule has 2 rings (SSSR count). The van der Waals surface area contributed by atoms with Crippen molar-refractivity contribution in [3.8, 4) is 0 Å². The van der Waals surface area contributed by atoms with E-state index >= 15 is 0 Å². The van der Waals surface area contributed by atoms with Crippen molar-refractivity contribution in [2.45, 2.75) is 26.2 Å². The van der Waals surface area contributed by atoms with Crippen LogP contribution in [-0.2, 0) is 20.7 Å². The lowest BCUT2D eigenvalue weighted by molar-refractivity contribution is -0.126. The van der Waals surface area contributed by atoms with Crippen LogP contribution >= 0.6 is 0 Å². The van der Waals surface area contributed by atoms with Crippen LogP contribution in [0.3, 0.4) is 0 Å². The topological polar surface area (TPSA) is 70.7 Å². The molecule has 1 aliphatic heterocycles. The van der Waals surface area contributed by atoms with E-state index in [1.165, 1.54) is 11.1 Å². The van der Waals surface area contributed by atoms with Gasteiger partial charge in [0.25, 0.3) is 0 Å². The van der Waals surface area contributed by atoms with Crippen molar-refractivity contribution in [3.63, 3.8) is 0 Å². The predicted molar refractivity (Wildman–Crippen MR) is 97.4 cm³/mol. The summed E-state index contributed by atoms with van der Waals surface area (Å²) in [5.74, 6) is -0.211. The Bertz CT molecular complexity index is 557. The fourth-order valence-electron chi connectivity index (χ4n) is 2.84. The Balaban J connectivity index is 1.52. The number of ether oxygens (including phenoxy) is 1. The Hall–Kier alpha value is -1.92. The minimum atomic E-state index is -0.138. The Morgan fingerprint density at radius 3 is 2.64 bits per heavy atom. The van der Waals surface area contributed by atoms with E-state index in [0.717, 1.165) is 45.7 Å². The number of hydrogen-bond acceptors (Lipinski definition) is 4. The van der Waals surface area contributed by atoms with Gasteiger partial charge in [-0.3, -0.25) is 14.5 Å². The second kappa shape index (κ2) is 10.8. The molecule has 0 bridgehead atoms. The highest BCUT2D eigenvalue weighted by Crippen LogP contribution is 2.10. The molecule has 6 nitrogen and oxygen atoms in total. The summed E-state index contributed by atoms with van der Waals surface area (Å²) in [5, 5.41) is 5.53. The maximum atomic E-state index is 11.8. The molecule has 1 aromatic rings. The van der Waals surface area contributed by atoms with Crippen molar-refractivity contribution in [2.75, 3.05) is 45.9 Å². The van der Waals surface area contributed by atoms with Gasteiger partial charge in [-0.1, -0.05) is 24.3 Å². The van der Waals surface area contributed by atoms with Crippen LogP contribution in [0.5, 0.6) is 0 Å². The smallest absolute Gasteiger partial charge is 0.239 e. The number of hydrogen-bond donors (Lipinski definition) is 2. The summed E-state index contributed by atoms with van der Waals surface area (Å²) in [6.07, 6.45) is 2.11. The first-order valence-corrected chi connectivity index (χ1v) is 9.03. The first-order chi connectivity index (χ1) is 12.1. The lowest BCUT2D eigenvalue weighted by Gasteiger charge is -2.26. The number of morpholine rings is 1. The van der Waals surface area contributed by atoms with Gasteiger partial charge in [-0.2, -0.15) is 0 Å². The molecule has 0 unspecified atom stereocenters. The van der Waals surface area contributed by atoms with E-state index in [0.29, 0.717) is 13.0 Å². The van der Waals surface area contributed by atoms with Gasteiger partial charge in [0, 0.05) is 32.6 Å². The molecule has 0 spiro atoms. The van der Waals surface area contributed by atoms with Crippen LogP contribution in [-0.4, -0.2) is 62.7 Å². The van der Waals surface area contributed by atoms with E-state index in [4.69, 9.17) is 4.74 Å². The third-order valence-electron chi connectivity index (χ3n) is 4.41. The van der Waals surface area contributed by atoms with Crippen LogP contribution in [0.1, 0.15) is 24.0 Å². The van der Waals surface area contributed by atoms with Gasteiger partial charge < -0.3 is 15.4 Å². The molecule has 2 amide bonds. The minimum Gasteiger partial charge on any atom is -0.379 e. The summed E-state index contributed by atoms with van der Waals surface area (Å²) in [6.45, 7) is 6.88. The maximum absolute atomic E-state index is 11.8. The molecule has 1 aliphatic rings. The summed E-state index contributed by atoms with van der Waals surface area (Å²) < 4.78 is 5.28. The van der Waals surface area contributed by atoms with Crippen LogP contribution in [0.2, 0.25) is 0 Å². The number of benzene rings is 1. The van der Waals surface area contributed by atoms with Crippen molar-refractivity contribution in [1.82, 2.24) is 15.5 Å². The molecule has 0 aromatic heterocycles. The van der Waals surface area contributed by atoms with Gasteiger partial charge >= 0.3 is 0 Å². The number of carbonyl (C=O) groups excluding carboxylic acids is 2. The Labute approximate surface area is 149 Å². The number of rotatable bonds is 9. The van der Waals surface area contributed by atoms with Gasteiger partial charge in [-0.15, -0.1) is 0 Å². The van der Waals surface area contributed by atoms with Crippen LogP contribution in [0.25, 0.3) is 0 Å². The van der Waals surface area contributed by atoms with E-state index in [-0.39, 0.29) is 18.4 Å². The molecule has 0 aliphatic carbocycles. The summed E-state index contributed by atoms with van der Waals surface area (Å²) in [6, 6.07) is 8.21. The maximum Gasteiger partial charge on any atom is 0.239 e. The van der Waals surface area contributed by atoms with Crippen LogP contribution in [0.4, 0.5) is 0 Å². The van der Waals surface area contributed by atoms with E-state index < -0.39 is 0 Å². The molecule has 1 fully saturated rings. The zero-order chi connectivity index (χ0) is 17.9. The highest BCUT2D eigenvalue weighted by molar-refractivity contribution is 5.84. The average Bonchev–Trinajstić information content (AvgIpc) is 2.62. The first kappa shape index (κ1) is 19.4. The number of aryl methyl sites for hydroxylation is 2. The minimum absolute atomic E-state index is 0.0479. The van der Waals surface area contributed by atoms with E-state index in [1.54, 1.807) is 0 Å². The average molecular weight is 347 g/mol.